The van der Waals surface area contributed by atoms with Crippen molar-refractivity contribution in [1.29, 1.82) is 0 Å². The molecule has 2 nitrogen and oxygen atoms in total. The Labute approximate surface area is 94.2 Å². The van der Waals surface area contributed by atoms with Crippen LogP contribution in [0.15, 0.2) is 0 Å². The molecule has 88 valence electrons. The maximum absolute atomic E-state index is 6.50. The molecule has 2 aliphatic rings. The van der Waals surface area contributed by atoms with Gasteiger partial charge in [0.25, 0.3) is 0 Å². The number of rotatable bonds is 2. The minimum atomic E-state index is 0.373. The van der Waals surface area contributed by atoms with Gasteiger partial charge in [-0.1, -0.05) is 20.8 Å². The molecular formula is C13H26N2. The number of hydrogen-bond acceptors (Lipinski definition) is 2. The zero-order valence-corrected chi connectivity index (χ0v) is 10.9. The summed E-state index contributed by atoms with van der Waals surface area (Å²) in [6.07, 6.45) is 2.71. The van der Waals surface area contributed by atoms with E-state index in [1.807, 2.05) is 0 Å². The summed E-state index contributed by atoms with van der Waals surface area (Å²) in [5.74, 6) is 1.54. The molecule has 0 aromatic heterocycles. The number of nitrogens with two attached hydrogens (primary N) is 1. The molecule has 2 bridgehead atoms. The first-order chi connectivity index (χ1) is 6.80. The van der Waals surface area contributed by atoms with Crippen LogP contribution >= 0.6 is 0 Å². The van der Waals surface area contributed by atoms with Crippen LogP contribution in [0.25, 0.3) is 0 Å². The summed E-state index contributed by atoms with van der Waals surface area (Å²) in [5.41, 5.74) is 7.31. The molecule has 15 heavy (non-hydrogen) atoms. The van der Waals surface area contributed by atoms with Gasteiger partial charge in [-0.25, -0.2) is 0 Å². The van der Waals surface area contributed by atoms with Gasteiger partial charge in [0, 0.05) is 12.6 Å². The van der Waals surface area contributed by atoms with Gasteiger partial charge >= 0.3 is 0 Å². The lowest BCUT2D eigenvalue weighted by molar-refractivity contribution is 0.135. The van der Waals surface area contributed by atoms with E-state index in [-0.39, 0.29) is 0 Å². The Morgan fingerprint density at radius 3 is 2.27 bits per heavy atom. The molecule has 0 aromatic rings. The molecule has 0 unspecified atom stereocenters. The van der Waals surface area contributed by atoms with E-state index >= 15 is 0 Å². The molecule has 0 aliphatic heterocycles. The lowest BCUT2D eigenvalue weighted by Gasteiger charge is -2.38. The quantitative estimate of drug-likeness (QED) is 0.755. The van der Waals surface area contributed by atoms with Crippen molar-refractivity contribution in [3.8, 4) is 0 Å². The predicted molar refractivity (Wildman–Crippen MR) is 64.6 cm³/mol. The Morgan fingerprint density at radius 2 is 1.87 bits per heavy atom. The molecule has 0 aromatic carbocycles. The first-order valence-corrected chi connectivity index (χ1v) is 6.21. The molecule has 0 spiro atoms. The summed E-state index contributed by atoms with van der Waals surface area (Å²) < 4.78 is 0. The van der Waals surface area contributed by atoms with Gasteiger partial charge in [0.05, 0.1) is 0 Å². The Kier molecular flexibility index (Phi) is 2.44. The summed E-state index contributed by atoms with van der Waals surface area (Å²) in [4.78, 5) is 2.30. The molecule has 2 rings (SSSR count). The van der Waals surface area contributed by atoms with Crippen LogP contribution in [-0.2, 0) is 0 Å². The molecule has 2 N–H and O–H groups in total. The van der Waals surface area contributed by atoms with Crippen LogP contribution in [0.3, 0.4) is 0 Å². The molecule has 4 atom stereocenters. The van der Waals surface area contributed by atoms with Crippen molar-refractivity contribution in [3.05, 3.63) is 0 Å². The van der Waals surface area contributed by atoms with Crippen molar-refractivity contribution in [1.82, 2.24) is 4.90 Å². The molecule has 2 heteroatoms. The Morgan fingerprint density at radius 1 is 1.27 bits per heavy atom. The molecule has 2 aliphatic carbocycles. The number of fused-ring (bicyclic) bond motifs is 2. The van der Waals surface area contributed by atoms with Crippen molar-refractivity contribution < 1.29 is 0 Å². The highest BCUT2D eigenvalue weighted by molar-refractivity contribution is 5.16. The highest BCUT2D eigenvalue weighted by Gasteiger charge is 2.64. The van der Waals surface area contributed by atoms with E-state index in [2.05, 4.69) is 39.8 Å². The normalized spacial score (nSPS) is 47.8. The molecule has 0 heterocycles. The third kappa shape index (κ3) is 1.31. The Balaban J connectivity index is 2.26. The highest BCUT2D eigenvalue weighted by Crippen LogP contribution is 2.66. The monoisotopic (exact) mass is 210 g/mol. The molecular weight excluding hydrogens is 184 g/mol. The zero-order chi connectivity index (χ0) is 11.4. The van der Waals surface area contributed by atoms with Gasteiger partial charge in [0.1, 0.15) is 0 Å². The second kappa shape index (κ2) is 3.21. The second-order valence-electron chi connectivity index (χ2n) is 6.74. The zero-order valence-electron chi connectivity index (χ0n) is 10.9. The van der Waals surface area contributed by atoms with Crippen molar-refractivity contribution in [2.45, 2.75) is 39.7 Å². The molecule has 2 saturated carbocycles. The van der Waals surface area contributed by atoms with Crippen LogP contribution < -0.4 is 5.73 Å². The average molecular weight is 210 g/mol. The van der Waals surface area contributed by atoms with E-state index < -0.39 is 0 Å². The molecule has 2 fully saturated rings. The lowest BCUT2D eigenvalue weighted by atomic mass is 9.69. The summed E-state index contributed by atoms with van der Waals surface area (Å²) in [6.45, 7) is 8.43. The largest absolute Gasteiger partial charge is 0.327 e. The van der Waals surface area contributed by atoms with Gasteiger partial charge in [-0.2, -0.15) is 0 Å². The minimum Gasteiger partial charge on any atom is -0.327 e. The predicted octanol–water partition coefficient (Wildman–Crippen LogP) is 1.95. The molecule has 0 radical (unpaired) electrons. The van der Waals surface area contributed by atoms with Gasteiger partial charge in [0.2, 0.25) is 0 Å². The van der Waals surface area contributed by atoms with Gasteiger partial charge < -0.3 is 10.6 Å². The standard InChI is InChI=1S/C13H26N2/c1-12(2)10-6-7-13(12,3)11(14)9(10)8-15(4)5/h9-11H,6-8,14H2,1-5H3/t9-,10+,11+,13-/m0/s1. The molecule has 0 saturated heterocycles. The van der Waals surface area contributed by atoms with Crippen LogP contribution in [0.1, 0.15) is 33.6 Å². The van der Waals surface area contributed by atoms with Gasteiger partial charge in [0.15, 0.2) is 0 Å². The van der Waals surface area contributed by atoms with E-state index in [1.165, 1.54) is 12.8 Å². The van der Waals surface area contributed by atoms with E-state index in [1.54, 1.807) is 0 Å². The highest BCUT2D eigenvalue weighted by atomic mass is 15.1. The van der Waals surface area contributed by atoms with Crippen molar-refractivity contribution >= 4 is 0 Å². The smallest absolute Gasteiger partial charge is 0.0142 e. The summed E-state index contributed by atoms with van der Waals surface area (Å²) >= 11 is 0. The van der Waals surface area contributed by atoms with Crippen LogP contribution in [-0.4, -0.2) is 31.6 Å². The van der Waals surface area contributed by atoms with Crippen LogP contribution in [0.2, 0.25) is 0 Å². The summed E-state index contributed by atoms with van der Waals surface area (Å²) in [6, 6.07) is 0.397. The van der Waals surface area contributed by atoms with Gasteiger partial charge in [-0.05, 0) is 49.6 Å². The van der Waals surface area contributed by atoms with Crippen molar-refractivity contribution in [3.63, 3.8) is 0 Å². The minimum absolute atomic E-state index is 0.373. The summed E-state index contributed by atoms with van der Waals surface area (Å²) in [7, 11) is 4.32. The molecule has 0 amide bonds. The number of hydrogen-bond donors (Lipinski definition) is 1. The third-order valence-electron chi connectivity index (χ3n) is 5.66. The van der Waals surface area contributed by atoms with Crippen LogP contribution in [0, 0.1) is 22.7 Å². The van der Waals surface area contributed by atoms with E-state index in [0.29, 0.717) is 22.8 Å². The van der Waals surface area contributed by atoms with Crippen LogP contribution in [0.4, 0.5) is 0 Å². The fraction of sp³-hybridized carbons (Fsp3) is 1.00. The van der Waals surface area contributed by atoms with Crippen molar-refractivity contribution in [2.24, 2.45) is 28.4 Å². The van der Waals surface area contributed by atoms with E-state index in [0.717, 1.165) is 12.5 Å². The Bertz CT molecular complexity index is 259. The first kappa shape index (κ1) is 11.4. The van der Waals surface area contributed by atoms with Crippen molar-refractivity contribution in [2.75, 3.05) is 20.6 Å². The third-order valence-corrected chi connectivity index (χ3v) is 5.66. The maximum Gasteiger partial charge on any atom is 0.0142 e. The fourth-order valence-corrected chi connectivity index (χ4v) is 4.29. The maximum atomic E-state index is 6.50. The second-order valence-corrected chi connectivity index (χ2v) is 6.74. The fourth-order valence-electron chi connectivity index (χ4n) is 4.29. The summed E-state index contributed by atoms with van der Waals surface area (Å²) in [5, 5.41) is 0. The van der Waals surface area contributed by atoms with Crippen LogP contribution in [0.5, 0.6) is 0 Å². The first-order valence-electron chi connectivity index (χ1n) is 6.21. The van der Waals surface area contributed by atoms with E-state index in [9.17, 15) is 0 Å². The lowest BCUT2D eigenvalue weighted by Crippen LogP contribution is -2.46. The topological polar surface area (TPSA) is 29.3 Å². The SMILES string of the molecule is CN(C)C[C@H]1[C@H]2CC[C@@](C)([C@@H]1N)C2(C)C. The van der Waals surface area contributed by atoms with E-state index in [4.69, 9.17) is 5.73 Å². The van der Waals surface area contributed by atoms with Gasteiger partial charge in [-0.15, -0.1) is 0 Å². The number of nitrogens with zero attached hydrogens (tertiary/aromatic N) is 1. The van der Waals surface area contributed by atoms with Gasteiger partial charge in [-0.3, -0.25) is 0 Å². The Hall–Kier alpha value is -0.0800. The average Bonchev–Trinajstić information content (AvgIpc) is 2.40.